The van der Waals surface area contributed by atoms with Crippen LogP contribution in [0.25, 0.3) is 0 Å². The molecule has 0 radical (unpaired) electrons. The molecule has 1 aliphatic heterocycles. The van der Waals surface area contributed by atoms with Crippen molar-refractivity contribution in [3.8, 4) is 0 Å². The lowest BCUT2D eigenvalue weighted by atomic mass is 9.92. The fraction of sp³-hybridized carbons (Fsp3) is 0.500. The highest BCUT2D eigenvalue weighted by Gasteiger charge is 2.37. The summed E-state index contributed by atoms with van der Waals surface area (Å²) in [5.74, 6) is 0.641. The molecule has 2 atom stereocenters. The van der Waals surface area contributed by atoms with Gasteiger partial charge >= 0.3 is 0 Å². The van der Waals surface area contributed by atoms with E-state index >= 15 is 0 Å². The van der Waals surface area contributed by atoms with Crippen LogP contribution in [0, 0.1) is 0 Å². The first-order valence-electron chi connectivity index (χ1n) is 4.84. The molecule has 0 spiro atoms. The number of H-pyrrole nitrogens is 1. The Balaban J connectivity index is 2.12. The van der Waals surface area contributed by atoms with Gasteiger partial charge in [0, 0.05) is 23.9 Å². The molecule has 1 aromatic heterocycles. The Kier molecular flexibility index (Phi) is 1.31. The lowest BCUT2D eigenvalue weighted by Crippen LogP contribution is -2.41. The number of aromatic nitrogens is 1. The fourth-order valence-electron chi connectivity index (χ4n) is 2.61. The monoisotopic (exact) mass is 176 g/mol. The van der Waals surface area contributed by atoms with E-state index in [1.165, 1.54) is 12.8 Å². The second kappa shape index (κ2) is 2.37. The average Bonchev–Trinajstić information content (AvgIpc) is 2.66. The van der Waals surface area contributed by atoms with Crippen molar-refractivity contribution in [3.05, 3.63) is 23.5 Å². The second-order valence-corrected chi connectivity index (χ2v) is 3.92. The summed E-state index contributed by atoms with van der Waals surface area (Å²) in [5.41, 5.74) is 2.01. The minimum absolute atomic E-state index is 0.0967. The summed E-state index contributed by atoms with van der Waals surface area (Å²) in [7, 11) is 0. The van der Waals surface area contributed by atoms with Gasteiger partial charge in [-0.1, -0.05) is 6.42 Å². The molecule has 2 N–H and O–H groups in total. The summed E-state index contributed by atoms with van der Waals surface area (Å²) in [6.07, 6.45) is 5.44. The van der Waals surface area contributed by atoms with E-state index in [1.54, 1.807) is 0 Å². The molecule has 1 amide bonds. The van der Waals surface area contributed by atoms with Crippen LogP contribution in [0.4, 0.5) is 0 Å². The van der Waals surface area contributed by atoms with Gasteiger partial charge in [-0.3, -0.25) is 4.79 Å². The van der Waals surface area contributed by atoms with Crippen molar-refractivity contribution in [1.82, 2.24) is 10.3 Å². The molecule has 68 valence electrons. The minimum atomic E-state index is 0.0967. The van der Waals surface area contributed by atoms with Crippen LogP contribution in [0.1, 0.15) is 41.2 Å². The molecule has 0 bridgehead atoms. The quantitative estimate of drug-likeness (QED) is 0.616. The summed E-state index contributed by atoms with van der Waals surface area (Å²) in [5, 5.41) is 3.06. The van der Waals surface area contributed by atoms with Gasteiger partial charge in [0.1, 0.15) is 0 Å². The van der Waals surface area contributed by atoms with E-state index in [4.69, 9.17) is 0 Å². The van der Waals surface area contributed by atoms with Crippen molar-refractivity contribution < 1.29 is 4.79 Å². The molecule has 13 heavy (non-hydrogen) atoms. The van der Waals surface area contributed by atoms with Crippen LogP contribution in [-0.2, 0) is 0 Å². The normalized spacial score (nSPS) is 30.9. The predicted molar refractivity (Wildman–Crippen MR) is 48.6 cm³/mol. The van der Waals surface area contributed by atoms with Crippen molar-refractivity contribution in [2.24, 2.45) is 0 Å². The van der Waals surface area contributed by atoms with Gasteiger partial charge in [0.25, 0.3) is 5.91 Å². The fourth-order valence-corrected chi connectivity index (χ4v) is 2.61. The first kappa shape index (κ1) is 7.18. The van der Waals surface area contributed by atoms with E-state index in [0.717, 1.165) is 17.7 Å². The Morgan fingerprint density at radius 3 is 3.23 bits per heavy atom. The van der Waals surface area contributed by atoms with Gasteiger partial charge in [-0.15, -0.1) is 0 Å². The largest absolute Gasteiger partial charge is 0.364 e. The highest BCUT2D eigenvalue weighted by atomic mass is 16.1. The summed E-state index contributed by atoms with van der Waals surface area (Å²) >= 11 is 0. The van der Waals surface area contributed by atoms with Crippen molar-refractivity contribution in [2.45, 2.75) is 31.2 Å². The topological polar surface area (TPSA) is 44.9 Å². The van der Waals surface area contributed by atoms with E-state index in [0.29, 0.717) is 12.0 Å². The van der Waals surface area contributed by atoms with Crippen LogP contribution in [0.15, 0.2) is 12.3 Å². The van der Waals surface area contributed by atoms with Gasteiger partial charge in [0.15, 0.2) is 0 Å². The smallest absolute Gasteiger partial charge is 0.253 e. The molecular weight excluding hydrogens is 164 g/mol. The Morgan fingerprint density at radius 1 is 1.38 bits per heavy atom. The van der Waals surface area contributed by atoms with Crippen LogP contribution in [0.5, 0.6) is 0 Å². The van der Waals surface area contributed by atoms with Crippen molar-refractivity contribution in [3.63, 3.8) is 0 Å². The lowest BCUT2D eigenvalue weighted by Gasteiger charge is -2.26. The number of fused-ring (bicyclic) bond motifs is 3. The molecule has 3 rings (SSSR count). The minimum Gasteiger partial charge on any atom is -0.364 e. The van der Waals surface area contributed by atoms with Crippen LogP contribution in [0.3, 0.4) is 0 Å². The Labute approximate surface area is 76.5 Å². The van der Waals surface area contributed by atoms with Crippen LogP contribution in [0.2, 0.25) is 0 Å². The third-order valence-corrected chi connectivity index (χ3v) is 3.23. The zero-order chi connectivity index (χ0) is 8.84. The van der Waals surface area contributed by atoms with Gasteiger partial charge in [0.2, 0.25) is 0 Å². The molecule has 2 unspecified atom stereocenters. The average molecular weight is 176 g/mol. The molecule has 2 aliphatic rings. The molecule has 2 heterocycles. The number of amides is 1. The highest BCUT2D eigenvalue weighted by molar-refractivity contribution is 5.97. The Hall–Kier alpha value is -1.25. The lowest BCUT2D eigenvalue weighted by molar-refractivity contribution is 0.0920. The number of aromatic amines is 1. The second-order valence-electron chi connectivity index (χ2n) is 3.92. The van der Waals surface area contributed by atoms with E-state index in [9.17, 15) is 4.79 Å². The molecular formula is C10H12N2O. The summed E-state index contributed by atoms with van der Waals surface area (Å²) in [6.45, 7) is 0. The number of rotatable bonds is 0. The standard InChI is InChI=1S/C10H12N2O/c13-10-7-4-5-11-9(7)6-2-1-3-8(6)12-10/h4-6,8,11H,1-3H2,(H,12,13). The highest BCUT2D eigenvalue weighted by Crippen LogP contribution is 2.38. The van der Waals surface area contributed by atoms with E-state index in [1.807, 2.05) is 12.3 Å². The Morgan fingerprint density at radius 2 is 2.31 bits per heavy atom. The SMILES string of the molecule is O=C1NC2CCCC2c2[nH]ccc21. The Bertz CT molecular complexity index is 356. The maximum absolute atomic E-state index is 11.6. The number of hydrogen-bond acceptors (Lipinski definition) is 1. The number of carbonyl (C=O) groups excluding carboxylic acids is 1. The maximum Gasteiger partial charge on any atom is 0.253 e. The van der Waals surface area contributed by atoms with Crippen molar-refractivity contribution >= 4 is 5.91 Å². The van der Waals surface area contributed by atoms with Crippen molar-refractivity contribution in [1.29, 1.82) is 0 Å². The first-order valence-corrected chi connectivity index (χ1v) is 4.84. The van der Waals surface area contributed by atoms with Gasteiger partial charge in [-0.05, 0) is 18.9 Å². The number of hydrogen-bond donors (Lipinski definition) is 2. The van der Waals surface area contributed by atoms with Crippen LogP contribution in [-0.4, -0.2) is 16.9 Å². The molecule has 0 saturated heterocycles. The zero-order valence-electron chi connectivity index (χ0n) is 7.34. The van der Waals surface area contributed by atoms with Gasteiger partial charge in [-0.25, -0.2) is 0 Å². The summed E-state index contributed by atoms with van der Waals surface area (Å²) in [4.78, 5) is 14.8. The molecule has 1 fully saturated rings. The number of carbonyl (C=O) groups is 1. The van der Waals surface area contributed by atoms with Gasteiger partial charge < -0.3 is 10.3 Å². The first-order chi connectivity index (χ1) is 6.36. The molecule has 3 heteroatoms. The molecule has 1 aromatic rings. The van der Waals surface area contributed by atoms with Crippen molar-refractivity contribution in [2.75, 3.05) is 0 Å². The third kappa shape index (κ3) is 0.870. The molecule has 1 aliphatic carbocycles. The predicted octanol–water partition coefficient (Wildman–Crippen LogP) is 1.39. The maximum atomic E-state index is 11.6. The van der Waals surface area contributed by atoms with Gasteiger partial charge in [-0.2, -0.15) is 0 Å². The molecule has 3 nitrogen and oxygen atoms in total. The third-order valence-electron chi connectivity index (χ3n) is 3.23. The van der Waals surface area contributed by atoms with Crippen LogP contribution < -0.4 is 5.32 Å². The summed E-state index contributed by atoms with van der Waals surface area (Å²) in [6, 6.07) is 2.26. The van der Waals surface area contributed by atoms with E-state index in [2.05, 4.69) is 10.3 Å². The van der Waals surface area contributed by atoms with E-state index in [-0.39, 0.29) is 5.91 Å². The van der Waals surface area contributed by atoms with E-state index < -0.39 is 0 Å². The summed E-state index contributed by atoms with van der Waals surface area (Å²) < 4.78 is 0. The molecule has 1 saturated carbocycles. The molecule has 0 aromatic carbocycles. The number of nitrogens with one attached hydrogen (secondary N) is 2. The van der Waals surface area contributed by atoms with Gasteiger partial charge in [0.05, 0.1) is 5.56 Å². The zero-order valence-corrected chi connectivity index (χ0v) is 7.34. The van der Waals surface area contributed by atoms with Crippen LogP contribution >= 0.6 is 0 Å².